The standard InChI is InChI=1S/C20H23FN4O/c21-13-5-6-17-15(11-13)20(12-22-17)7-9-25(10-8-20)19-23-16-4-2-1-3-14(16)18(26)24-19/h5-6,11,22H,1-4,7-10,12H2,(H,23,24,26). The van der Waals surface area contributed by atoms with E-state index in [1.807, 2.05) is 6.07 Å². The summed E-state index contributed by atoms with van der Waals surface area (Å²) in [6.07, 6.45) is 5.79. The van der Waals surface area contributed by atoms with Crippen LogP contribution in [0, 0.1) is 5.82 Å². The van der Waals surface area contributed by atoms with Crippen LogP contribution >= 0.6 is 0 Å². The van der Waals surface area contributed by atoms with Crippen LogP contribution in [0.1, 0.15) is 42.5 Å². The van der Waals surface area contributed by atoms with Crippen molar-refractivity contribution in [3.05, 3.63) is 51.2 Å². The van der Waals surface area contributed by atoms with Crippen LogP contribution in [0.4, 0.5) is 16.0 Å². The molecule has 2 aliphatic heterocycles. The monoisotopic (exact) mass is 354 g/mol. The van der Waals surface area contributed by atoms with Crippen molar-refractivity contribution >= 4 is 11.6 Å². The van der Waals surface area contributed by atoms with Crippen molar-refractivity contribution < 1.29 is 4.39 Å². The summed E-state index contributed by atoms with van der Waals surface area (Å²) in [5.74, 6) is 0.533. The second kappa shape index (κ2) is 5.83. The first-order valence-corrected chi connectivity index (χ1v) is 9.56. The van der Waals surface area contributed by atoms with Gasteiger partial charge in [0.2, 0.25) is 5.95 Å². The van der Waals surface area contributed by atoms with Crippen LogP contribution < -0.4 is 15.8 Å². The molecular formula is C20H23FN4O. The van der Waals surface area contributed by atoms with Crippen LogP contribution in [0.5, 0.6) is 0 Å². The molecule has 1 aromatic carbocycles. The maximum absolute atomic E-state index is 13.8. The van der Waals surface area contributed by atoms with E-state index in [1.165, 1.54) is 6.07 Å². The first kappa shape index (κ1) is 15.9. The second-order valence-corrected chi connectivity index (χ2v) is 7.83. The Morgan fingerprint density at radius 1 is 1.15 bits per heavy atom. The fraction of sp³-hybridized carbons (Fsp3) is 0.500. The number of hydrogen-bond acceptors (Lipinski definition) is 4. The number of fused-ring (bicyclic) bond motifs is 3. The molecule has 0 amide bonds. The Morgan fingerprint density at radius 3 is 2.81 bits per heavy atom. The van der Waals surface area contributed by atoms with Crippen molar-refractivity contribution in [3.63, 3.8) is 0 Å². The van der Waals surface area contributed by atoms with E-state index in [1.54, 1.807) is 6.07 Å². The first-order chi connectivity index (χ1) is 12.6. The number of aromatic nitrogens is 2. The molecule has 2 N–H and O–H groups in total. The Labute approximate surface area is 151 Å². The fourth-order valence-electron chi connectivity index (χ4n) is 4.80. The van der Waals surface area contributed by atoms with Gasteiger partial charge in [0.25, 0.3) is 5.56 Å². The first-order valence-electron chi connectivity index (χ1n) is 9.56. The Bertz CT molecular complexity index is 915. The predicted octanol–water partition coefficient (Wildman–Crippen LogP) is 2.75. The molecule has 2 aromatic rings. The fourth-order valence-corrected chi connectivity index (χ4v) is 4.80. The molecule has 5 rings (SSSR count). The molecule has 0 unspecified atom stereocenters. The van der Waals surface area contributed by atoms with Gasteiger partial charge in [-0.1, -0.05) is 0 Å². The zero-order valence-corrected chi connectivity index (χ0v) is 14.8. The summed E-state index contributed by atoms with van der Waals surface area (Å²) in [4.78, 5) is 22.3. The number of aromatic amines is 1. The molecule has 3 heterocycles. The largest absolute Gasteiger partial charge is 0.384 e. The maximum Gasteiger partial charge on any atom is 0.255 e. The summed E-state index contributed by atoms with van der Waals surface area (Å²) in [5, 5.41) is 3.43. The number of nitrogens with one attached hydrogen (secondary N) is 2. The normalized spacial score (nSPS) is 20.6. The van der Waals surface area contributed by atoms with Crippen LogP contribution in [-0.4, -0.2) is 29.6 Å². The summed E-state index contributed by atoms with van der Waals surface area (Å²) in [7, 11) is 0. The summed E-state index contributed by atoms with van der Waals surface area (Å²) >= 11 is 0. The van der Waals surface area contributed by atoms with E-state index in [-0.39, 0.29) is 16.8 Å². The Hall–Kier alpha value is -2.37. The average Bonchev–Trinajstić information content (AvgIpc) is 3.00. The molecule has 1 fully saturated rings. The molecule has 1 aliphatic carbocycles. The Balaban J connectivity index is 1.40. The van der Waals surface area contributed by atoms with E-state index in [2.05, 4.69) is 15.2 Å². The molecule has 6 heteroatoms. The molecule has 26 heavy (non-hydrogen) atoms. The summed E-state index contributed by atoms with van der Waals surface area (Å²) < 4.78 is 13.8. The minimum absolute atomic E-state index is 0.0115. The highest BCUT2D eigenvalue weighted by Gasteiger charge is 2.42. The van der Waals surface area contributed by atoms with E-state index in [9.17, 15) is 9.18 Å². The average molecular weight is 354 g/mol. The lowest BCUT2D eigenvalue weighted by Gasteiger charge is -2.39. The van der Waals surface area contributed by atoms with Gasteiger partial charge in [-0.05, 0) is 62.3 Å². The van der Waals surface area contributed by atoms with E-state index in [4.69, 9.17) is 4.98 Å². The number of rotatable bonds is 1. The number of halogens is 1. The molecule has 0 saturated carbocycles. The molecular weight excluding hydrogens is 331 g/mol. The van der Waals surface area contributed by atoms with E-state index >= 15 is 0 Å². The zero-order valence-electron chi connectivity index (χ0n) is 14.8. The van der Waals surface area contributed by atoms with Crippen LogP contribution in [0.15, 0.2) is 23.0 Å². The van der Waals surface area contributed by atoms with Gasteiger partial charge in [0.05, 0.1) is 5.69 Å². The molecule has 5 nitrogen and oxygen atoms in total. The third-order valence-electron chi connectivity index (χ3n) is 6.37. The summed E-state index contributed by atoms with van der Waals surface area (Å²) in [5.41, 5.74) is 4.02. The third-order valence-corrected chi connectivity index (χ3v) is 6.37. The summed E-state index contributed by atoms with van der Waals surface area (Å²) in [6, 6.07) is 5.04. The topological polar surface area (TPSA) is 61.0 Å². The van der Waals surface area contributed by atoms with Gasteiger partial charge in [0.1, 0.15) is 5.82 Å². The molecule has 1 aromatic heterocycles. The van der Waals surface area contributed by atoms with Gasteiger partial charge < -0.3 is 10.2 Å². The van der Waals surface area contributed by atoms with Crippen LogP contribution in [-0.2, 0) is 18.3 Å². The predicted molar refractivity (Wildman–Crippen MR) is 99.5 cm³/mol. The number of aryl methyl sites for hydroxylation is 1. The van der Waals surface area contributed by atoms with Gasteiger partial charge in [-0.3, -0.25) is 9.78 Å². The number of piperidine rings is 1. The molecule has 0 bridgehead atoms. The zero-order chi connectivity index (χ0) is 17.7. The summed E-state index contributed by atoms with van der Waals surface area (Å²) in [6.45, 7) is 2.49. The smallest absolute Gasteiger partial charge is 0.255 e. The van der Waals surface area contributed by atoms with Crippen molar-refractivity contribution in [2.24, 2.45) is 0 Å². The maximum atomic E-state index is 13.8. The van der Waals surface area contributed by atoms with Crippen molar-refractivity contribution in [3.8, 4) is 0 Å². The SMILES string of the molecule is O=c1[nH]c(N2CCC3(CC2)CNc2ccc(F)cc23)nc2c1CCCC2. The minimum Gasteiger partial charge on any atom is -0.384 e. The third kappa shape index (κ3) is 2.42. The van der Waals surface area contributed by atoms with Gasteiger partial charge in [-0.25, -0.2) is 9.37 Å². The van der Waals surface area contributed by atoms with Crippen molar-refractivity contribution in [2.45, 2.75) is 43.9 Å². The minimum atomic E-state index is -0.171. The number of hydrogen-bond donors (Lipinski definition) is 2. The molecule has 136 valence electrons. The highest BCUT2D eigenvalue weighted by Crippen LogP contribution is 2.44. The molecule has 3 aliphatic rings. The van der Waals surface area contributed by atoms with Crippen molar-refractivity contribution in [1.29, 1.82) is 0 Å². The van der Waals surface area contributed by atoms with Crippen molar-refractivity contribution in [2.75, 3.05) is 29.9 Å². The van der Waals surface area contributed by atoms with Crippen LogP contribution in [0.2, 0.25) is 0 Å². The van der Waals surface area contributed by atoms with Gasteiger partial charge in [-0.2, -0.15) is 0 Å². The number of anilines is 2. The molecule has 0 atom stereocenters. The van der Waals surface area contributed by atoms with E-state index < -0.39 is 0 Å². The van der Waals surface area contributed by atoms with Crippen molar-refractivity contribution in [1.82, 2.24) is 9.97 Å². The van der Waals surface area contributed by atoms with E-state index in [0.29, 0.717) is 5.95 Å². The number of H-pyrrole nitrogens is 1. The Morgan fingerprint density at radius 2 is 1.96 bits per heavy atom. The lowest BCUT2D eigenvalue weighted by molar-refractivity contribution is 0.358. The molecule has 1 spiro atoms. The number of benzene rings is 1. The van der Waals surface area contributed by atoms with Crippen LogP contribution in [0.3, 0.4) is 0 Å². The highest BCUT2D eigenvalue weighted by atomic mass is 19.1. The quantitative estimate of drug-likeness (QED) is 0.827. The van der Waals surface area contributed by atoms with E-state index in [0.717, 1.165) is 80.7 Å². The van der Waals surface area contributed by atoms with Crippen LogP contribution in [0.25, 0.3) is 0 Å². The highest BCUT2D eigenvalue weighted by molar-refractivity contribution is 5.61. The van der Waals surface area contributed by atoms with Gasteiger partial charge in [-0.15, -0.1) is 0 Å². The molecule has 1 saturated heterocycles. The number of nitrogens with zero attached hydrogens (tertiary/aromatic N) is 2. The lowest BCUT2D eigenvalue weighted by atomic mass is 9.74. The molecule has 0 radical (unpaired) electrons. The van der Waals surface area contributed by atoms with Gasteiger partial charge >= 0.3 is 0 Å². The second-order valence-electron chi connectivity index (χ2n) is 7.83. The lowest BCUT2D eigenvalue weighted by Crippen LogP contribution is -2.45. The van der Waals surface area contributed by atoms with Gasteiger partial charge in [0, 0.05) is 36.3 Å². The Kier molecular flexibility index (Phi) is 3.55. The van der Waals surface area contributed by atoms with Gasteiger partial charge in [0.15, 0.2) is 0 Å².